The third kappa shape index (κ3) is 3.13. The van der Waals surface area contributed by atoms with Crippen molar-refractivity contribution in [3.05, 3.63) is 51.7 Å². The van der Waals surface area contributed by atoms with Crippen molar-refractivity contribution in [2.75, 3.05) is 11.4 Å². The van der Waals surface area contributed by atoms with Crippen molar-refractivity contribution >= 4 is 23.5 Å². The first-order valence-electron chi connectivity index (χ1n) is 8.10. The van der Waals surface area contributed by atoms with Crippen LogP contribution in [0.25, 0.3) is 0 Å². The first-order chi connectivity index (χ1) is 11.6. The van der Waals surface area contributed by atoms with E-state index in [1.807, 2.05) is 38.1 Å². The molecule has 1 aromatic carbocycles. The number of carbonyl (C=O) groups excluding carboxylic acids is 1. The van der Waals surface area contributed by atoms with Gasteiger partial charge in [0.2, 0.25) is 5.91 Å². The summed E-state index contributed by atoms with van der Waals surface area (Å²) in [6.07, 6.45) is 3.06. The van der Waals surface area contributed by atoms with Crippen molar-refractivity contribution in [3.8, 4) is 0 Å². The number of rotatable bonds is 4. The number of fused-ring (bicyclic) bond motifs is 1. The average Bonchev–Trinajstić information content (AvgIpc) is 2.60. The van der Waals surface area contributed by atoms with Crippen LogP contribution in [-0.4, -0.2) is 28.6 Å². The molecule has 1 aromatic heterocycles. The highest BCUT2D eigenvalue weighted by atomic mass is 16.2. The Hall–Kier alpha value is -2.76. The van der Waals surface area contributed by atoms with Crippen LogP contribution in [0.3, 0.4) is 0 Å². The van der Waals surface area contributed by atoms with Crippen LogP contribution in [0, 0.1) is 6.92 Å². The number of hydrogen-bond donors (Lipinski definition) is 1. The number of amides is 1. The molecule has 1 amide bonds. The lowest BCUT2D eigenvalue weighted by atomic mass is 10.1. The fourth-order valence-electron chi connectivity index (χ4n) is 2.85. The first kappa shape index (κ1) is 16.1. The number of aliphatic imine (C=N–C) groups is 1. The smallest absolute Gasteiger partial charge is 0.254 e. The predicted octanol–water partition coefficient (Wildman–Crippen LogP) is 2.32. The van der Waals surface area contributed by atoms with E-state index in [2.05, 4.69) is 15.0 Å². The number of aromatic amines is 1. The van der Waals surface area contributed by atoms with Crippen molar-refractivity contribution in [1.82, 2.24) is 9.97 Å². The molecule has 0 saturated heterocycles. The summed E-state index contributed by atoms with van der Waals surface area (Å²) in [6, 6.07) is 7.56. The van der Waals surface area contributed by atoms with Gasteiger partial charge < -0.3 is 9.88 Å². The van der Waals surface area contributed by atoms with Crippen molar-refractivity contribution in [2.24, 2.45) is 4.99 Å². The molecule has 0 radical (unpaired) electrons. The Morgan fingerprint density at radius 2 is 2.12 bits per heavy atom. The van der Waals surface area contributed by atoms with Crippen molar-refractivity contribution in [3.63, 3.8) is 0 Å². The number of aromatic nitrogens is 2. The van der Waals surface area contributed by atoms with E-state index in [4.69, 9.17) is 0 Å². The summed E-state index contributed by atoms with van der Waals surface area (Å²) < 4.78 is 0. The largest absolute Gasteiger partial charge is 0.310 e. The number of nitrogens with one attached hydrogen (secondary N) is 1. The van der Waals surface area contributed by atoms with Gasteiger partial charge >= 0.3 is 0 Å². The lowest BCUT2D eigenvalue weighted by molar-refractivity contribution is -0.118. The van der Waals surface area contributed by atoms with Crippen LogP contribution in [0.2, 0.25) is 0 Å². The molecule has 0 bridgehead atoms. The molecule has 24 heavy (non-hydrogen) atoms. The molecule has 0 fully saturated rings. The molecule has 2 aromatic rings. The third-order valence-electron chi connectivity index (χ3n) is 4.16. The number of benzene rings is 1. The van der Waals surface area contributed by atoms with E-state index in [0.29, 0.717) is 36.5 Å². The molecule has 0 aliphatic carbocycles. The fourth-order valence-corrected chi connectivity index (χ4v) is 2.85. The summed E-state index contributed by atoms with van der Waals surface area (Å²) in [6.45, 7) is 4.21. The molecule has 1 aliphatic heterocycles. The van der Waals surface area contributed by atoms with E-state index in [9.17, 15) is 9.59 Å². The fraction of sp³-hybridized carbons (Fsp3) is 0.333. The highest BCUT2D eigenvalue weighted by molar-refractivity contribution is 6.01. The van der Waals surface area contributed by atoms with Crippen molar-refractivity contribution in [1.29, 1.82) is 0 Å². The standard InChI is InChI=1S/C18H20N4O2/c1-3-16-20-12(2)13(18(24)21-16)8-9-17(23)22-11-10-19-14-6-4-5-7-15(14)22/h4-7,10H,3,8-9,11H2,1-2H3,(H,20,21,24). The molecule has 124 valence electrons. The van der Waals surface area contributed by atoms with Gasteiger partial charge in [-0.3, -0.25) is 14.6 Å². The molecule has 0 spiro atoms. The Morgan fingerprint density at radius 3 is 2.88 bits per heavy atom. The quantitative estimate of drug-likeness (QED) is 0.937. The molecule has 0 saturated carbocycles. The molecule has 6 nitrogen and oxygen atoms in total. The highest BCUT2D eigenvalue weighted by Crippen LogP contribution is 2.30. The second kappa shape index (κ2) is 6.78. The van der Waals surface area contributed by atoms with Crippen LogP contribution in [0.4, 0.5) is 11.4 Å². The van der Waals surface area contributed by atoms with Crippen LogP contribution in [0.15, 0.2) is 34.1 Å². The summed E-state index contributed by atoms with van der Waals surface area (Å²) >= 11 is 0. The summed E-state index contributed by atoms with van der Waals surface area (Å²) in [5.74, 6) is 0.653. The molecular formula is C18H20N4O2. The molecule has 6 heteroatoms. The minimum atomic E-state index is -0.146. The van der Waals surface area contributed by atoms with Crippen molar-refractivity contribution < 1.29 is 4.79 Å². The number of para-hydroxylation sites is 2. The van der Waals surface area contributed by atoms with E-state index < -0.39 is 0 Å². The van der Waals surface area contributed by atoms with Crippen LogP contribution in [-0.2, 0) is 17.6 Å². The summed E-state index contributed by atoms with van der Waals surface area (Å²) in [5, 5.41) is 0. The van der Waals surface area contributed by atoms with Gasteiger partial charge in [-0.05, 0) is 25.5 Å². The van der Waals surface area contributed by atoms with Gasteiger partial charge in [0.1, 0.15) is 5.82 Å². The Kier molecular flexibility index (Phi) is 4.55. The molecule has 1 aliphatic rings. The van der Waals surface area contributed by atoms with Gasteiger partial charge in [0, 0.05) is 30.3 Å². The third-order valence-corrected chi connectivity index (χ3v) is 4.16. The molecule has 0 atom stereocenters. The Bertz CT molecular complexity index is 854. The van der Waals surface area contributed by atoms with E-state index in [-0.39, 0.29) is 17.9 Å². The first-order valence-corrected chi connectivity index (χ1v) is 8.10. The SMILES string of the molecule is CCc1nc(C)c(CCC(=O)N2CC=Nc3ccccc32)c(=O)[nH]1. The second-order valence-electron chi connectivity index (χ2n) is 5.73. The Labute approximate surface area is 140 Å². The Balaban J connectivity index is 1.75. The lowest BCUT2D eigenvalue weighted by Gasteiger charge is -2.25. The van der Waals surface area contributed by atoms with E-state index in [0.717, 1.165) is 11.4 Å². The zero-order valence-electron chi connectivity index (χ0n) is 13.9. The second-order valence-corrected chi connectivity index (χ2v) is 5.73. The van der Waals surface area contributed by atoms with Crippen LogP contribution in [0.1, 0.15) is 30.4 Å². The van der Waals surface area contributed by atoms with Gasteiger partial charge in [0.15, 0.2) is 0 Å². The normalized spacial score (nSPS) is 13.0. The van der Waals surface area contributed by atoms with Crippen LogP contribution in [0.5, 0.6) is 0 Å². The topological polar surface area (TPSA) is 78.4 Å². The number of H-pyrrole nitrogens is 1. The van der Waals surface area contributed by atoms with Gasteiger partial charge in [0.25, 0.3) is 5.56 Å². The minimum absolute atomic E-state index is 0.0213. The molecule has 2 heterocycles. The molecular weight excluding hydrogens is 304 g/mol. The number of hydrogen-bond acceptors (Lipinski definition) is 4. The van der Waals surface area contributed by atoms with E-state index >= 15 is 0 Å². The predicted molar refractivity (Wildman–Crippen MR) is 94.2 cm³/mol. The van der Waals surface area contributed by atoms with Crippen molar-refractivity contribution in [2.45, 2.75) is 33.1 Å². The maximum absolute atomic E-state index is 12.6. The molecule has 1 N–H and O–H groups in total. The number of carbonyl (C=O) groups is 1. The van der Waals surface area contributed by atoms with Crippen LogP contribution < -0.4 is 10.5 Å². The molecule has 3 rings (SSSR count). The Morgan fingerprint density at radius 1 is 1.33 bits per heavy atom. The zero-order valence-corrected chi connectivity index (χ0v) is 13.9. The maximum Gasteiger partial charge on any atom is 0.254 e. The molecule has 0 unspecified atom stereocenters. The zero-order chi connectivity index (χ0) is 17.1. The maximum atomic E-state index is 12.6. The number of nitrogens with zero attached hydrogens (tertiary/aromatic N) is 3. The van der Waals surface area contributed by atoms with E-state index in [1.165, 1.54) is 0 Å². The highest BCUT2D eigenvalue weighted by Gasteiger charge is 2.21. The summed E-state index contributed by atoms with van der Waals surface area (Å²) in [5.41, 5.74) is 2.74. The number of aryl methyl sites for hydroxylation is 2. The lowest BCUT2D eigenvalue weighted by Crippen LogP contribution is -2.34. The van der Waals surface area contributed by atoms with Gasteiger partial charge in [-0.15, -0.1) is 0 Å². The van der Waals surface area contributed by atoms with E-state index in [1.54, 1.807) is 11.1 Å². The van der Waals surface area contributed by atoms with Gasteiger partial charge in [-0.2, -0.15) is 0 Å². The average molecular weight is 324 g/mol. The monoisotopic (exact) mass is 324 g/mol. The summed E-state index contributed by atoms with van der Waals surface area (Å²) in [7, 11) is 0. The minimum Gasteiger partial charge on any atom is -0.310 e. The van der Waals surface area contributed by atoms with Gasteiger partial charge in [0.05, 0.1) is 17.9 Å². The van der Waals surface area contributed by atoms with Gasteiger partial charge in [-0.1, -0.05) is 19.1 Å². The van der Waals surface area contributed by atoms with Gasteiger partial charge in [-0.25, -0.2) is 4.98 Å². The number of anilines is 1. The summed E-state index contributed by atoms with van der Waals surface area (Å²) in [4.78, 5) is 37.9. The van der Waals surface area contributed by atoms with Crippen LogP contribution >= 0.6 is 0 Å².